The maximum Gasteiger partial charge on any atom is 0.239 e. The van der Waals surface area contributed by atoms with Crippen molar-refractivity contribution in [2.75, 3.05) is 45.2 Å². The molecule has 0 radical (unpaired) electrons. The first kappa shape index (κ1) is 18.9. The topological polar surface area (TPSA) is 70.8 Å². The number of carbonyl (C=O) groups is 1. The Morgan fingerprint density at radius 1 is 1.27 bits per heavy atom. The summed E-state index contributed by atoms with van der Waals surface area (Å²) < 4.78 is 11.5. The quantitative estimate of drug-likeness (QED) is 0.770. The molecule has 8 heteroatoms. The number of halogens is 1. The number of nitrogens with one attached hydrogen (secondary N) is 1. The Balaban J connectivity index is 1.47. The Kier molecular flexibility index (Phi) is 6.29. The lowest BCUT2D eigenvalue weighted by atomic mass is 10.1. The van der Waals surface area contributed by atoms with Crippen LogP contribution in [0.25, 0.3) is 0 Å². The molecule has 1 aromatic carbocycles. The number of ether oxygens (including phenoxy) is 1. The monoisotopic (exact) mass is 422 g/mol. The number of hydrogen-bond acceptors (Lipinski definition) is 6. The van der Waals surface area contributed by atoms with E-state index in [1.54, 1.807) is 20.1 Å². The lowest BCUT2D eigenvalue weighted by Gasteiger charge is -2.34. The number of rotatable bonds is 6. The Bertz CT molecular complexity index is 757. The maximum absolute atomic E-state index is 12.1. The Hall–Kier alpha value is -1.90. The number of anilines is 1. The normalized spacial score (nSPS) is 15.8. The summed E-state index contributed by atoms with van der Waals surface area (Å²) in [5.74, 6) is 1.98. The van der Waals surface area contributed by atoms with E-state index < -0.39 is 0 Å². The highest BCUT2D eigenvalue weighted by atomic mass is 79.9. The van der Waals surface area contributed by atoms with E-state index in [4.69, 9.17) is 9.26 Å². The van der Waals surface area contributed by atoms with Crippen molar-refractivity contribution in [3.05, 3.63) is 40.1 Å². The van der Waals surface area contributed by atoms with E-state index >= 15 is 0 Å². The van der Waals surface area contributed by atoms with Gasteiger partial charge in [0.25, 0.3) is 0 Å². The maximum atomic E-state index is 12.1. The summed E-state index contributed by atoms with van der Waals surface area (Å²) in [4.78, 5) is 16.6. The molecule has 0 unspecified atom stereocenters. The number of benzene rings is 1. The summed E-state index contributed by atoms with van der Waals surface area (Å²) in [7, 11) is 1.69. The van der Waals surface area contributed by atoms with Crippen LogP contribution in [-0.4, -0.2) is 60.7 Å². The van der Waals surface area contributed by atoms with Crippen LogP contribution in [0.15, 0.2) is 33.3 Å². The molecule has 1 aromatic heterocycles. The molecule has 1 aliphatic heterocycles. The van der Waals surface area contributed by atoms with E-state index in [0.717, 1.165) is 48.5 Å². The van der Waals surface area contributed by atoms with Crippen molar-refractivity contribution in [3.8, 4) is 5.75 Å². The summed E-state index contributed by atoms with van der Waals surface area (Å²) in [5.41, 5.74) is 1.16. The molecule has 0 atom stereocenters. The number of amides is 1. The Morgan fingerprint density at radius 3 is 2.65 bits per heavy atom. The van der Waals surface area contributed by atoms with E-state index in [9.17, 15) is 4.79 Å². The van der Waals surface area contributed by atoms with Gasteiger partial charge in [-0.2, -0.15) is 0 Å². The van der Waals surface area contributed by atoms with Gasteiger partial charge in [-0.05, 0) is 25.1 Å². The standard InChI is InChI=1S/C18H23BrN4O3/c1-13-9-17(21-26-13)20-18(24)12-23-7-5-22(6-8-23)11-14-10-15(19)3-4-16(14)25-2/h3-4,9-10H,5-8,11-12H2,1-2H3,(H,20,21,24). The predicted octanol–water partition coefficient (Wildman–Crippen LogP) is 2.51. The fourth-order valence-corrected chi connectivity index (χ4v) is 3.44. The first-order chi connectivity index (χ1) is 12.5. The molecule has 1 aliphatic rings. The molecule has 0 bridgehead atoms. The number of nitrogens with zero attached hydrogens (tertiary/aromatic N) is 3. The molecular formula is C18H23BrN4O3. The number of carbonyl (C=O) groups excluding carboxylic acids is 1. The predicted molar refractivity (Wildman–Crippen MR) is 102 cm³/mol. The molecule has 1 amide bonds. The number of hydrogen-bond donors (Lipinski definition) is 1. The number of piperazine rings is 1. The van der Waals surface area contributed by atoms with Crippen LogP contribution in [0.2, 0.25) is 0 Å². The zero-order valence-corrected chi connectivity index (χ0v) is 16.6. The highest BCUT2D eigenvalue weighted by Crippen LogP contribution is 2.24. The summed E-state index contributed by atoms with van der Waals surface area (Å²) in [6.45, 7) is 6.50. The van der Waals surface area contributed by atoms with Crippen molar-refractivity contribution in [2.24, 2.45) is 0 Å². The van der Waals surface area contributed by atoms with Crippen molar-refractivity contribution in [2.45, 2.75) is 13.5 Å². The molecule has 7 nitrogen and oxygen atoms in total. The molecule has 0 aliphatic carbocycles. The molecule has 2 aromatic rings. The van der Waals surface area contributed by atoms with Gasteiger partial charge in [0.1, 0.15) is 11.5 Å². The molecule has 140 valence electrons. The van der Waals surface area contributed by atoms with E-state index in [1.165, 1.54) is 0 Å². The van der Waals surface area contributed by atoms with Crippen LogP contribution in [0.5, 0.6) is 5.75 Å². The van der Waals surface area contributed by atoms with Gasteiger partial charge < -0.3 is 14.6 Å². The molecule has 0 spiro atoms. The van der Waals surface area contributed by atoms with Crippen molar-refractivity contribution in [1.82, 2.24) is 15.0 Å². The Labute approximate surface area is 161 Å². The third-order valence-electron chi connectivity index (χ3n) is 4.36. The number of aryl methyl sites for hydroxylation is 1. The minimum Gasteiger partial charge on any atom is -0.496 e. The lowest BCUT2D eigenvalue weighted by Crippen LogP contribution is -2.48. The first-order valence-corrected chi connectivity index (χ1v) is 9.33. The third-order valence-corrected chi connectivity index (χ3v) is 4.86. The van der Waals surface area contributed by atoms with Crippen LogP contribution in [0, 0.1) is 6.92 Å². The third kappa shape index (κ3) is 5.06. The molecular weight excluding hydrogens is 400 g/mol. The van der Waals surface area contributed by atoms with Crippen molar-refractivity contribution >= 4 is 27.7 Å². The van der Waals surface area contributed by atoms with E-state index in [0.29, 0.717) is 18.1 Å². The molecule has 1 saturated heterocycles. The SMILES string of the molecule is COc1ccc(Br)cc1CN1CCN(CC(=O)Nc2cc(C)on2)CC1. The van der Waals surface area contributed by atoms with Crippen LogP contribution in [0.1, 0.15) is 11.3 Å². The second-order valence-electron chi connectivity index (χ2n) is 6.38. The second kappa shape index (κ2) is 8.66. The lowest BCUT2D eigenvalue weighted by molar-refractivity contribution is -0.117. The fourth-order valence-electron chi connectivity index (χ4n) is 3.03. The minimum atomic E-state index is -0.0691. The molecule has 2 heterocycles. The van der Waals surface area contributed by atoms with E-state index in [2.05, 4.69) is 42.3 Å². The summed E-state index contributed by atoms with van der Waals surface area (Å²) in [6.07, 6.45) is 0. The van der Waals surface area contributed by atoms with Gasteiger partial charge in [-0.25, -0.2) is 0 Å². The molecule has 26 heavy (non-hydrogen) atoms. The van der Waals surface area contributed by atoms with Crippen LogP contribution in [-0.2, 0) is 11.3 Å². The highest BCUT2D eigenvalue weighted by Gasteiger charge is 2.20. The highest BCUT2D eigenvalue weighted by molar-refractivity contribution is 9.10. The van der Waals surface area contributed by atoms with Gasteiger partial charge in [-0.1, -0.05) is 21.1 Å². The van der Waals surface area contributed by atoms with Gasteiger partial charge in [0.15, 0.2) is 5.82 Å². The van der Waals surface area contributed by atoms with Crippen LogP contribution in [0.4, 0.5) is 5.82 Å². The largest absolute Gasteiger partial charge is 0.496 e. The average Bonchev–Trinajstić information content (AvgIpc) is 3.01. The zero-order chi connectivity index (χ0) is 18.5. The molecule has 0 saturated carbocycles. The molecule has 1 fully saturated rings. The zero-order valence-electron chi connectivity index (χ0n) is 15.0. The van der Waals surface area contributed by atoms with E-state index in [1.807, 2.05) is 12.1 Å². The van der Waals surface area contributed by atoms with Gasteiger partial charge in [0, 0.05) is 48.8 Å². The molecule has 3 rings (SSSR count). The van der Waals surface area contributed by atoms with Gasteiger partial charge in [0.05, 0.1) is 13.7 Å². The van der Waals surface area contributed by atoms with Crippen molar-refractivity contribution in [3.63, 3.8) is 0 Å². The Morgan fingerprint density at radius 2 is 2.00 bits per heavy atom. The van der Waals surface area contributed by atoms with E-state index in [-0.39, 0.29) is 5.91 Å². The summed E-state index contributed by atoms with van der Waals surface area (Å²) in [5, 5.41) is 6.54. The van der Waals surface area contributed by atoms with Crippen LogP contribution in [0.3, 0.4) is 0 Å². The molecule has 1 N–H and O–H groups in total. The van der Waals surface area contributed by atoms with Crippen molar-refractivity contribution < 1.29 is 14.1 Å². The van der Waals surface area contributed by atoms with Crippen molar-refractivity contribution in [1.29, 1.82) is 0 Å². The number of aromatic nitrogens is 1. The summed E-state index contributed by atoms with van der Waals surface area (Å²) in [6, 6.07) is 7.76. The van der Waals surface area contributed by atoms with Crippen LogP contribution < -0.4 is 10.1 Å². The fraction of sp³-hybridized carbons (Fsp3) is 0.444. The van der Waals surface area contributed by atoms with Crippen LogP contribution >= 0.6 is 15.9 Å². The first-order valence-electron chi connectivity index (χ1n) is 8.54. The second-order valence-corrected chi connectivity index (χ2v) is 7.30. The minimum absolute atomic E-state index is 0.0691. The van der Waals surface area contributed by atoms with Gasteiger partial charge >= 0.3 is 0 Å². The van der Waals surface area contributed by atoms with Gasteiger partial charge in [0.2, 0.25) is 5.91 Å². The van der Waals surface area contributed by atoms with Gasteiger partial charge in [-0.15, -0.1) is 0 Å². The number of methoxy groups -OCH3 is 1. The smallest absolute Gasteiger partial charge is 0.239 e. The average molecular weight is 423 g/mol. The van der Waals surface area contributed by atoms with Gasteiger partial charge in [-0.3, -0.25) is 14.6 Å². The summed E-state index contributed by atoms with van der Waals surface area (Å²) >= 11 is 3.52.